The van der Waals surface area contributed by atoms with E-state index in [4.69, 9.17) is 0 Å². The van der Waals surface area contributed by atoms with Crippen molar-refractivity contribution in [1.29, 1.82) is 0 Å². The lowest BCUT2D eigenvalue weighted by Gasteiger charge is -2.36. The molecule has 29 heavy (non-hydrogen) atoms. The van der Waals surface area contributed by atoms with E-state index < -0.39 is 0 Å². The van der Waals surface area contributed by atoms with Crippen LogP contribution in [-0.4, -0.2) is 62.9 Å². The van der Waals surface area contributed by atoms with Crippen molar-refractivity contribution in [2.75, 3.05) is 36.8 Å². The van der Waals surface area contributed by atoms with E-state index in [-0.39, 0.29) is 5.91 Å². The van der Waals surface area contributed by atoms with Crippen molar-refractivity contribution in [2.24, 2.45) is 0 Å². The van der Waals surface area contributed by atoms with E-state index in [0.29, 0.717) is 17.5 Å². The molecule has 150 valence electrons. The van der Waals surface area contributed by atoms with E-state index in [1.54, 1.807) is 4.68 Å². The molecule has 1 aromatic heterocycles. The number of hydrogen-bond acceptors (Lipinski definition) is 6. The van der Waals surface area contributed by atoms with E-state index in [1.807, 2.05) is 35.2 Å². The summed E-state index contributed by atoms with van der Waals surface area (Å²) in [4.78, 5) is 16.9. The van der Waals surface area contributed by atoms with Crippen molar-refractivity contribution in [3.63, 3.8) is 0 Å². The Morgan fingerprint density at radius 2 is 1.83 bits per heavy atom. The molecule has 0 atom stereocenters. The lowest BCUT2D eigenvalue weighted by Crippen LogP contribution is -2.49. The van der Waals surface area contributed by atoms with Gasteiger partial charge >= 0.3 is 0 Å². The van der Waals surface area contributed by atoms with Gasteiger partial charge in [0.05, 0.1) is 12.3 Å². The second-order valence-corrected chi connectivity index (χ2v) is 8.04. The first-order valence-corrected chi connectivity index (χ1v) is 10.7. The Labute approximate surface area is 174 Å². The fourth-order valence-electron chi connectivity index (χ4n) is 3.41. The smallest absolute Gasteiger partial charge is 0.233 e. The summed E-state index contributed by atoms with van der Waals surface area (Å²) in [5.74, 6) is 0.479. The van der Waals surface area contributed by atoms with E-state index in [1.165, 1.54) is 23.0 Å². The van der Waals surface area contributed by atoms with Crippen molar-refractivity contribution in [3.05, 3.63) is 65.7 Å². The highest BCUT2D eigenvalue weighted by Crippen LogP contribution is 2.19. The van der Waals surface area contributed by atoms with Crippen LogP contribution < -0.4 is 4.90 Å². The highest BCUT2D eigenvalue weighted by atomic mass is 32.2. The summed E-state index contributed by atoms with van der Waals surface area (Å²) in [6.07, 6.45) is 0. The molecule has 1 saturated heterocycles. The zero-order valence-electron chi connectivity index (χ0n) is 16.4. The lowest BCUT2D eigenvalue weighted by atomic mass is 10.2. The maximum Gasteiger partial charge on any atom is 0.233 e. The number of aromatic nitrogens is 4. The van der Waals surface area contributed by atoms with Gasteiger partial charge in [-0.3, -0.25) is 4.79 Å². The topological polar surface area (TPSA) is 67.2 Å². The van der Waals surface area contributed by atoms with Gasteiger partial charge in [0.25, 0.3) is 0 Å². The molecule has 0 radical (unpaired) electrons. The van der Waals surface area contributed by atoms with Gasteiger partial charge in [-0.1, -0.05) is 54.2 Å². The van der Waals surface area contributed by atoms with E-state index in [2.05, 4.69) is 51.6 Å². The molecule has 0 saturated carbocycles. The molecule has 0 bridgehead atoms. The van der Waals surface area contributed by atoms with Gasteiger partial charge in [-0.05, 0) is 40.6 Å². The predicted molar refractivity (Wildman–Crippen MR) is 114 cm³/mol. The summed E-state index contributed by atoms with van der Waals surface area (Å²) in [7, 11) is 0. The highest BCUT2D eigenvalue weighted by Gasteiger charge is 2.22. The average Bonchev–Trinajstić information content (AvgIpc) is 3.20. The molecule has 1 aliphatic rings. The summed E-state index contributed by atoms with van der Waals surface area (Å²) in [6.45, 7) is 5.88. The third-order valence-corrected chi connectivity index (χ3v) is 5.94. The van der Waals surface area contributed by atoms with Crippen LogP contribution in [0.25, 0.3) is 0 Å². The zero-order chi connectivity index (χ0) is 20.1. The van der Waals surface area contributed by atoms with Gasteiger partial charge in [0.2, 0.25) is 11.1 Å². The number of thioether (sulfide) groups is 1. The number of rotatable bonds is 6. The average molecular weight is 409 g/mol. The number of aryl methyl sites for hydroxylation is 1. The van der Waals surface area contributed by atoms with Gasteiger partial charge in [-0.15, -0.1) is 5.10 Å². The van der Waals surface area contributed by atoms with Gasteiger partial charge in [-0.25, -0.2) is 4.68 Å². The van der Waals surface area contributed by atoms with Crippen LogP contribution in [-0.2, 0) is 11.3 Å². The Morgan fingerprint density at radius 3 is 2.59 bits per heavy atom. The van der Waals surface area contributed by atoms with Crippen LogP contribution in [0.15, 0.2) is 59.8 Å². The van der Waals surface area contributed by atoms with E-state index >= 15 is 0 Å². The van der Waals surface area contributed by atoms with Crippen molar-refractivity contribution in [1.82, 2.24) is 25.1 Å². The molecule has 1 amide bonds. The minimum atomic E-state index is 0.133. The molecule has 0 spiro atoms. The summed E-state index contributed by atoms with van der Waals surface area (Å²) in [5.41, 5.74) is 3.61. The molecule has 0 N–H and O–H groups in total. The van der Waals surface area contributed by atoms with Crippen LogP contribution in [0.1, 0.15) is 11.1 Å². The van der Waals surface area contributed by atoms with Crippen molar-refractivity contribution in [3.8, 4) is 0 Å². The fourth-order valence-corrected chi connectivity index (χ4v) is 4.19. The minimum absolute atomic E-state index is 0.133. The van der Waals surface area contributed by atoms with Crippen LogP contribution in [0, 0.1) is 6.92 Å². The molecule has 1 aliphatic heterocycles. The number of nitrogens with zero attached hydrogens (tertiary/aromatic N) is 6. The summed E-state index contributed by atoms with van der Waals surface area (Å²) < 4.78 is 1.74. The largest absolute Gasteiger partial charge is 0.368 e. The first-order valence-electron chi connectivity index (χ1n) is 9.71. The normalized spacial score (nSPS) is 14.2. The quantitative estimate of drug-likeness (QED) is 0.584. The zero-order valence-corrected chi connectivity index (χ0v) is 17.3. The fraction of sp³-hybridized carbons (Fsp3) is 0.333. The summed E-state index contributed by atoms with van der Waals surface area (Å²) in [5, 5.41) is 12.6. The molecule has 0 aliphatic carbocycles. The summed E-state index contributed by atoms with van der Waals surface area (Å²) >= 11 is 1.40. The highest BCUT2D eigenvalue weighted by molar-refractivity contribution is 7.99. The Balaban J connectivity index is 1.28. The third kappa shape index (κ3) is 4.95. The molecule has 8 heteroatoms. The summed E-state index contributed by atoms with van der Waals surface area (Å²) in [6, 6.07) is 18.6. The first-order chi connectivity index (χ1) is 14.2. The number of carbonyl (C=O) groups is 1. The number of tetrazole rings is 1. The third-order valence-electron chi connectivity index (χ3n) is 5.00. The van der Waals surface area contributed by atoms with Crippen molar-refractivity contribution in [2.45, 2.75) is 18.6 Å². The van der Waals surface area contributed by atoms with Crippen LogP contribution >= 0.6 is 11.8 Å². The monoisotopic (exact) mass is 408 g/mol. The van der Waals surface area contributed by atoms with E-state index in [9.17, 15) is 4.79 Å². The van der Waals surface area contributed by atoms with Gasteiger partial charge < -0.3 is 9.80 Å². The maximum absolute atomic E-state index is 12.7. The second kappa shape index (κ2) is 9.09. The number of anilines is 1. The molecular weight excluding hydrogens is 384 g/mol. The molecule has 2 heterocycles. The maximum atomic E-state index is 12.7. The number of hydrogen-bond donors (Lipinski definition) is 0. The van der Waals surface area contributed by atoms with Gasteiger partial charge in [-0.2, -0.15) is 0 Å². The number of carbonyl (C=O) groups excluding carboxylic acids is 1. The van der Waals surface area contributed by atoms with Gasteiger partial charge in [0.15, 0.2) is 0 Å². The van der Waals surface area contributed by atoms with Crippen LogP contribution in [0.5, 0.6) is 0 Å². The number of amides is 1. The van der Waals surface area contributed by atoms with Crippen LogP contribution in [0.3, 0.4) is 0 Å². The molecule has 2 aromatic carbocycles. The van der Waals surface area contributed by atoms with Crippen LogP contribution in [0.4, 0.5) is 5.69 Å². The SMILES string of the molecule is Cc1cccc(N2CCN(C(=O)CSc3nnnn3Cc3ccccc3)CC2)c1. The van der Waals surface area contributed by atoms with E-state index in [0.717, 1.165) is 31.7 Å². The molecule has 3 aromatic rings. The molecule has 1 fully saturated rings. The standard InChI is InChI=1S/C21H24N6OS/c1-17-6-5-9-19(14-17)25-10-12-26(13-11-25)20(28)16-29-21-22-23-24-27(21)15-18-7-3-2-4-8-18/h2-9,14H,10-13,15-16H2,1H3. The molecular formula is C21H24N6OS. The van der Waals surface area contributed by atoms with Crippen molar-refractivity contribution >= 4 is 23.4 Å². The first kappa shape index (κ1) is 19.4. The lowest BCUT2D eigenvalue weighted by molar-refractivity contribution is -0.128. The molecule has 7 nitrogen and oxygen atoms in total. The Kier molecular flexibility index (Phi) is 6.09. The number of piperazine rings is 1. The minimum Gasteiger partial charge on any atom is -0.368 e. The Morgan fingerprint density at radius 1 is 1.03 bits per heavy atom. The van der Waals surface area contributed by atoms with Gasteiger partial charge in [0.1, 0.15) is 0 Å². The second-order valence-electron chi connectivity index (χ2n) is 7.10. The molecule has 0 unspecified atom stereocenters. The Hall–Kier alpha value is -2.87. The number of benzene rings is 2. The van der Waals surface area contributed by atoms with Crippen LogP contribution in [0.2, 0.25) is 0 Å². The Bertz CT molecular complexity index is 953. The molecule has 4 rings (SSSR count). The van der Waals surface area contributed by atoms with Crippen molar-refractivity contribution < 1.29 is 4.79 Å². The van der Waals surface area contributed by atoms with Gasteiger partial charge in [0, 0.05) is 31.9 Å². The predicted octanol–water partition coefficient (Wildman–Crippen LogP) is 2.47.